The summed E-state index contributed by atoms with van der Waals surface area (Å²) >= 11 is 0. The van der Waals surface area contributed by atoms with Gasteiger partial charge in [-0.25, -0.2) is 14.4 Å². The fourth-order valence-corrected chi connectivity index (χ4v) is 3.73. The van der Waals surface area contributed by atoms with E-state index < -0.39 is 5.82 Å². The molecule has 4 rings (SSSR count). The highest BCUT2D eigenvalue weighted by Gasteiger charge is 2.26. The number of aromatic nitrogens is 2. The van der Waals surface area contributed by atoms with Gasteiger partial charge < -0.3 is 4.90 Å². The van der Waals surface area contributed by atoms with Gasteiger partial charge in [0.2, 0.25) is 0 Å². The van der Waals surface area contributed by atoms with Crippen molar-refractivity contribution in [2.24, 2.45) is 0 Å². The summed E-state index contributed by atoms with van der Waals surface area (Å²) in [6.45, 7) is 3.31. The van der Waals surface area contributed by atoms with Crippen LogP contribution in [0.15, 0.2) is 60.8 Å². The maximum absolute atomic E-state index is 13.5. The maximum atomic E-state index is 13.5. The number of piperidine rings is 1. The largest absolute Gasteiger partial charge is 0.338 e. The van der Waals surface area contributed by atoms with E-state index in [-0.39, 0.29) is 11.8 Å². The average Bonchev–Trinajstić information content (AvgIpc) is 2.73. The molecule has 1 amide bonds. The predicted molar refractivity (Wildman–Crippen MR) is 106 cm³/mol. The van der Waals surface area contributed by atoms with Crippen molar-refractivity contribution < 1.29 is 9.18 Å². The van der Waals surface area contributed by atoms with Crippen molar-refractivity contribution >= 4 is 5.91 Å². The Morgan fingerprint density at radius 3 is 2.82 bits per heavy atom. The molecule has 1 unspecified atom stereocenters. The number of carbonyl (C=O) groups excluding carboxylic acids is 1. The molecule has 0 radical (unpaired) electrons. The molecule has 28 heavy (non-hydrogen) atoms. The molecule has 1 saturated heterocycles. The second kappa shape index (κ2) is 7.89. The lowest BCUT2D eigenvalue weighted by atomic mass is 9.94. The summed E-state index contributed by atoms with van der Waals surface area (Å²) in [7, 11) is 0. The minimum absolute atomic E-state index is 0.128. The molecule has 0 saturated carbocycles. The van der Waals surface area contributed by atoms with Crippen LogP contribution in [-0.4, -0.2) is 33.9 Å². The molecule has 2 aromatic carbocycles. The normalized spacial score (nSPS) is 16.8. The van der Waals surface area contributed by atoms with Crippen LogP contribution in [0.25, 0.3) is 11.4 Å². The van der Waals surface area contributed by atoms with Gasteiger partial charge in [-0.1, -0.05) is 29.8 Å². The zero-order valence-corrected chi connectivity index (χ0v) is 15.8. The van der Waals surface area contributed by atoms with Crippen LogP contribution in [0.5, 0.6) is 0 Å². The second-order valence-electron chi connectivity index (χ2n) is 7.28. The predicted octanol–water partition coefficient (Wildman–Crippen LogP) is 4.61. The standard InChI is InChI=1S/C23H22FN3O/c1-16-5-2-6-17(13-16)22-25-11-10-21(26-22)19-8-4-12-27(15-19)23(28)18-7-3-9-20(24)14-18/h2-3,5-7,9-11,13-14,19H,4,8,12,15H2,1H3. The summed E-state index contributed by atoms with van der Waals surface area (Å²) in [5.74, 6) is 0.336. The van der Waals surface area contributed by atoms with Crippen molar-refractivity contribution in [3.63, 3.8) is 0 Å². The van der Waals surface area contributed by atoms with E-state index in [1.807, 2.05) is 31.2 Å². The highest BCUT2D eigenvalue weighted by atomic mass is 19.1. The van der Waals surface area contributed by atoms with E-state index in [4.69, 9.17) is 4.98 Å². The van der Waals surface area contributed by atoms with Crippen molar-refractivity contribution in [2.45, 2.75) is 25.7 Å². The minimum Gasteiger partial charge on any atom is -0.338 e. The Kier molecular flexibility index (Phi) is 5.15. The third-order valence-electron chi connectivity index (χ3n) is 5.15. The molecule has 4 nitrogen and oxygen atoms in total. The van der Waals surface area contributed by atoms with Gasteiger partial charge in [0.25, 0.3) is 5.91 Å². The lowest BCUT2D eigenvalue weighted by Crippen LogP contribution is -2.39. The molecule has 0 aliphatic carbocycles. The Hall–Kier alpha value is -3.08. The number of hydrogen-bond donors (Lipinski definition) is 0. The molecule has 5 heteroatoms. The van der Waals surface area contributed by atoms with E-state index in [2.05, 4.69) is 11.1 Å². The number of aryl methyl sites for hydroxylation is 1. The molecular weight excluding hydrogens is 353 g/mol. The molecule has 142 valence electrons. The smallest absolute Gasteiger partial charge is 0.253 e. The highest BCUT2D eigenvalue weighted by Crippen LogP contribution is 2.28. The topological polar surface area (TPSA) is 46.1 Å². The van der Waals surface area contributed by atoms with Crippen LogP contribution < -0.4 is 0 Å². The van der Waals surface area contributed by atoms with Crippen molar-refractivity contribution in [3.05, 3.63) is 83.4 Å². The molecule has 1 aliphatic rings. The number of amides is 1. The molecule has 1 atom stereocenters. The lowest BCUT2D eigenvalue weighted by molar-refractivity contribution is 0.0705. The van der Waals surface area contributed by atoms with Crippen LogP contribution in [0.3, 0.4) is 0 Å². The summed E-state index contributed by atoms with van der Waals surface area (Å²) in [5, 5.41) is 0. The van der Waals surface area contributed by atoms with Crippen LogP contribution in [0.4, 0.5) is 4.39 Å². The van der Waals surface area contributed by atoms with Crippen molar-refractivity contribution in [3.8, 4) is 11.4 Å². The maximum Gasteiger partial charge on any atom is 0.253 e. The fraction of sp³-hybridized carbons (Fsp3) is 0.261. The monoisotopic (exact) mass is 375 g/mol. The Morgan fingerprint density at radius 2 is 2.00 bits per heavy atom. The fourth-order valence-electron chi connectivity index (χ4n) is 3.73. The van der Waals surface area contributed by atoms with Crippen molar-refractivity contribution in [1.29, 1.82) is 0 Å². The number of nitrogens with zero attached hydrogens (tertiary/aromatic N) is 3. The van der Waals surface area contributed by atoms with Crippen molar-refractivity contribution in [1.82, 2.24) is 14.9 Å². The number of rotatable bonds is 3. The van der Waals surface area contributed by atoms with Gasteiger partial charge in [0.05, 0.1) is 0 Å². The van der Waals surface area contributed by atoms with Crippen LogP contribution in [0, 0.1) is 12.7 Å². The molecule has 0 bridgehead atoms. The number of likely N-dealkylation sites (tertiary alicyclic amines) is 1. The molecule has 2 heterocycles. The first-order valence-corrected chi connectivity index (χ1v) is 9.55. The third-order valence-corrected chi connectivity index (χ3v) is 5.15. The van der Waals surface area contributed by atoms with Gasteiger partial charge in [-0.2, -0.15) is 0 Å². The number of carbonyl (C=O) groups is 1. The van der Waals surface area contributed by atoms with Crippen LogP contribution in [-0.2, 0) is 0 Å². The number of benzene rings is 2. The first-order chi connectivity index (χ1) is 13.6. The lowest BCUT2D eigenvalue weighted by Gasteiger charge is -2.32. The second-order valence-corrected chi connectivity index (χ2v) is 7.28. The van der Waals surface area contributed by atoms with E-state index in [0.29, 0.717) is 24.5 Å². The Labute approximate surface area is 164 Å². The van der Waals surface area contributed by atoms with Gasteiger partial charge in [0.1, 0.15) is 5.82 Å². The zero-order valence-electron chi connectivity index (χ0n) is 15.8. The van der Waals surface area contributed by atoms with Gasteiger partial charge in [-0.3, -0.25) is 4.79 Å². The highest BCUT2D eigenvalue weighted by molar-refractivity contribution is 5.94. The summed E-state index contributed by atoms with van der Waals surface area (Å²) in [5.41, 5.74) is 3.49. The first-order valence-electron chi connectivity index (χ1n) is 9.55. The third kappa shape index (κ3) is 3.93. The zero-order chi connectivity index (χ0) is 19.5. The minimum atomic E-state index is -0.391. The summed E-state index contributed by atoms with van der Waals surface area (Å²) in [4.78, 5) is 23.8. The molecule has 1 fully saturated rings. The molecule has 0 N–H and O–H groups in total. The summed E-state index contributed by atoms with van der Waals surface area (Å²) in [6.07, 6.45) is 3.65. The SMILES string of the molecule is Cc1cccc(-c2nccc(C3CCCN(C(=O)c4cccc(F)c4)C3)n2)c1. The quantitative estimate of drug-likeness (QED) is 0.671. The van der Waals surface area contributed by atoms with Gasteiger partial charge in [0, 0.05) is 42.0 Å². The molecule has 0 spiro atoms. The number of hydrogen-bond acceptors (Lipinski definition) is 3. The van der Waals surface area contributed by atoms with Crippen LogP contribution in [0.1, 0.15) is 40.4 Å². The van der Waals surface area contributed by atoms with Crippen LogP contribution >= 0.6 is 0 Å². The van der Waals surface area contributed by atoms with Crippen LogP contribution in [0.2, 0.25) is 0 Å². The number of halogens is 1. The average molecular weight is 375 g/mol. The van der Waals surface area contributed by atoms with Gasteiger partial charge >= 0.3 is 0 Å². The molecular formula is C23H22FN3O. The van der Waals surface area contributed by atoms with E-state index in [0.717, 1.165) is 29.7 Å². The Bertz CT molecular complexity index is 1000. The molecule has 1 aliphatic heterocycles. The van der Waals surface area contributed by atoms with Gasteiger partial charge in [-0.05, 0) is 50.1 Å². The van der Waals surface area contributed by atoms with E-state index in [1.165, 1.54) is 12.1 Å². The Balaban J connectivity index is 1.55. The van der Waals surface area contributed by atoms with Gasteiger partial charge in [-0.15, -0.1) is 0 Å². The summed E-state index contributed by atoms with van der Waals surface area (Å²) in [6, 6.07) is 15.9. The van der Waals surface area contributed by atoms with Gasteiger partial charge in [0.15, 0.2) is 5.82 Å². The molecule has 3 aromatic rings. The van der Waals surface area contributed by atoms with Crippen molar-refractivity contribution in [2.75, 3.05) is 13.1 Å². The van der Waals surface area contributed by atoms with E-state index >= 15 is 0 Å². The summed E-state index contributed by atoms with van der Waals surface area (Å²) < 4.78 is 13.5. The van der Waals surface area contributed by atoms with E-state index in [9.17, 15) is 9.18 Å². The Morgan fingerprint density at radius 1 is 1.14 bits per heavy atom. The molecule has 1 aromatic heterocycles. The van der Waals surface area contributed by atoms with E-state index in [1.54, 1.807) is 23.2 Å². The first kappa shape index (κ1) is 18.3.